The number of nitrogens with zero attached hydrogens (tertiary/aromatic N) is 2. The van der Waals surface area contributed by atoms with E-state index in [2.05, 4.69) is 29.1 Å². The SMILES string of the molecule is CCC(C)Nc1cc(Cl)nc(Cl)n1. The van der Waals surface area contributed by atoms with Gasteiger partial charge in [-0.2, -0.15) is 0 Å². The van der Waals surface area contributed by atoms with Crippen LogP contribution >= 0.6 is 23.2 Å². The van der Waals surface area contributed by atoms with Crippen LogP contribution in [0.25, 0.3) is 0 Å². The minimum Gasteiger partial charge on any atom is -0.367 e. The van der Waals surface area contributed by atoms with E-state index in [4.69, 9.17) is 23.2 Å². The Morgan fingerprint density at radius 1 is 1.46 bits per heavy atom. The predicted octanol–water partition coefficient (Wildman–Crippen LogP) is 2.99. The molecule has 0 aliphatic rings. The Morgan fingerprint density at radius 2 is 2.15 bits per heavy atom. The lowest BCUT2D eigenvalue weighted by atomic mass is 10.2. The van der Waals surface area contributed by atoms with Gasteiger partial charge in [-0.1, -0.05) is 18.5 Å². The molecule has 1 unspecified atom stereocenters. The second-order valence-corrected chi connectivity index (χ2v) is 3.52. The highest BCUT2D eigenvalue weighted by Crippen LogP contribution is 2.15. The summed E-state index contributed by atoms with van der Waals surface area (Å²) in [5.41, 5.74) is 0. The molecule has 72 valence electrons. The zero-order valence-corrected chi connectivity index (χ0v) is 9.02. The van der Waals surface area contributed by atoms with Gasteiger partial charge in [-0.05, 0) is 24.9 Å². The number of anilines is 1. The van der Waals surface area contributed by atoms with Gasteiger partial charge in [0.2, 0.25) is 5.28 Å². The second kappa shape index (κ2) is 4.63. The summed E-state index contributed by atoms with van der Waals surface area (Å²) in [5, 5.41) is 3.67. The molecular formula is C8H11Cl2N3. The average Bonchev–Trinajstić information content (AvgIpc) is 2.02. The van der Waals surface area contributed by atoms with E-state index in [1.54, 1.807) is 6.07 Å². The molecule has 1 aromatic heterocycles. The van der Waals surface area contributed by atoms with Crippen molar-refractivity contribution in [3.8, 4) is 0 Å². The Hall–Kier alpha value is -0.540. The maximum Gasteiger partial charge on any atom is 0.225 e. The second-order valence-electron chi connectivity index (χ2n) is 2.80. The molecule has 0 bridgehead atoms. The zero-order chi connectivity index (χ0) is 9.84. The molecule has 0 aromatic carbocycles. The van der Waals surface area contributed by atoms with Crippen molar-refractivity contribution in [3.63, 3.8) is 0 Å². The van der Waals surface area contributed by atoms with Crippen molar-refractivity contribution in [3.05, 3.63) is 16.5 Å². The summed E-state index contributed by atoms with van der Waals surface area (Å²) in [6, 6.07) is 2.00. The van der Waals surface area contributed by atoms with Crippen LogP contribution in [0.2, 0.25) is 10.4 Å². The number of nitrogens with one attached hydrogen (secondary N) is 1. The highest BCUT2D eigenvalue weighted by atomic mass is 35.5. The van der Waals surface area contributed by atoms with E-state index in [1.165, 1.54) is 0 Å². The molecule has 13 heavy (non-hydrogen) atoms. The molecule has 0 spiro atoms. The van der Waals surface area contributed by atoms with Gasteiger partial charge in [0.25, 0.3) is 0 Å². The summed E-state index contributed by atoms with van der Waals surface area (Å²) in [6.07, 6.45) is 1.01. The van der Waals surface area contributed by atoms with Crippen molar-refractivity contribution in [2.75, 3.05) is 5.32 Å². The van der Waals surface area contributed by atoms with Crippen LogP contribution in [0.4, 0.5) is 5.82 Å². The molecule has 0 saturated heterocycles. The molecule has 1 N–H and O–H groups in total. The van der Waals surface area contributed by atoms with Crippen LogP contribution in [0.1, 0.15) is 20.3 Å². The molecule has 0 amide bonds. The van der Waals surface area contributed by atoms with Crippen LogP contribution in [0.15, 0.2) is 6.07 Å². The van der Waals surface area contributed by atoms with Crippen LogP contribution in [-0.2, 0) is 0 Å². The highest BCUT2D eigenvalue weighted by molar-refractivity contribution is 6.32. The van der Waals surface area contributed by atoms with Crippen molar-refractivity contribution in [1.82, 2.24) is 9.97 Å². The summed E-state index contributed by atoms with van der Waals surface area (Å²) in [4.78, 5) is 7.73. The molecule has 0 aliphatic heterocycles. The molecule has 1 rings (SSSR count). The minimum atomic E-state index is 0.165. The van der Waals surface area contributed by atoms with E-state index in [0.717, 1.165) is 6.42 Å². The lowest BCUT2D eigenvalue weighted by Crippen LogP contribution is -2.14. The molecule has 1 heterocycles. The van der Waals surface area contributed by atoms with Gasteiger partial charge in [-0.15, -0.1) is 0 Å². The first-order valence-electron chi connectivity index (χ1n) is 4.08. The van der Waals surface area contributed by atoms with Crippen molar-refractivity contribution >= 4 is 29.0 Å². The molecule has 0 fully saturated rings. The molecule has 3 nitrogen and oxygen atoms in total. The Bertz CT molecular complexity index is 270. The zero-order valence-electron chi connectivity index (χ0n) is 7.51. The van der Waals surface area contributed by atoms with Crippen LogP contribution in [0, 0.1) is 0 Å². The molecule has 1 aromatic rings. The first-order valence-corrected chi connectivity index (χ1v) is 4.84. The highest BCUT2D eigenvalue weighted by Gasteiger charge is 2.03. The van der Waals surface area contributed by atoms with Gasteiger partial charge >= 0.3 is 0 Å². The van der Waals surface area contributed by atoms with E-state index in [0.29, 0.717) is 17.0 Å². The fourth-order valence-corrected chi connectivity index (χ4v) is 1.23. The third-order valence-corrected chi connectivity index (χ3v) is 2.04. The first kappa shape index (κ1) is 10.5. The summed E-state index contributed by atoms with van der Waals surface area (Å²) < 4.78 is 0. The number of hydrogen-bond donors (Lipinski definition) is 1. The van der Waals surface area contributed by atoms with Gasteiger partial charge in [0.15, 0.2) is 0 Å². The topological polar surface area (TPSA) is 37.8 Å². The lowest BCUT2D eigenvalue weighted by molar-refractivity contribution is 0.758. The Labute approximate surface area is 87.5 Å². The van der Waals surface area contributed by atoms with Gasteiger partial charge in [0, 0.05) is 12.1 Å². The summed E-state index contributed by atoms with van der Waals surface area (Å²) in [5.74, 6) is 0.666. The summed E-state index contributed by atoms with van der Waals surface area (Å²) in [7, 11) is 0. The van der Waals surface area contributed by atoms with Gasteiger partial charge < -0.3 is 5.32 Å². The predicted molar refractivity (Wildman–Crippen MR) is 55.4 cm³/mol. The van der Waals surface area contributed by atoms with E-state index in [1.807, 2.05) is 0 Å². The summed E-state index contributed by atoms with van der Waals surface area (Å²) in [6.45, 7) is 4.14. The minimum absolute atomic E-state index is 0.165. The normalized spacial score (nSPS) is 12.6. The Morgan fingerprint density at radius 3 is 2.69 bits per heavy atom. The average molecular weight is 220 g/mol. The lowest BCUT2D eigenvalue weighted by Gasteiger charge is -2.11. The maximum absolute atomic E-state index is 5.70. The largest absolute Gasteiger partial charge is 0.367 e. The first-order chi connectivity index (χ1) is 6.11. The smallest absolute Gasteiger partial charge is 0.225 e. The van der Waals surface area contributed by atoms with E-state index < -0.39 is 0 Å². The summed E-state index contributed by atoms with van der Waals surface area (Å²) >= 11 is 11.3. The van der Waals surface area contributed by atoms with Crippen LogP contribution < -0.4 is 5.32 Å². The van der Waals surface area contributed by atoms with E-state index in [-0.39, 0.29) is 5.28 Å². The van der Waals surface area contributed by atoms with Crippen LogP contribution in [0.5, 0.6) is 0 Å². The van der Waals surface area contributed by atoms with Crippen LogP contribution in [-0.4, -0.2) is 16.0 Å². The van der Waals surface area contributed by atoms with E-state index in [9.17, 15) is 0 Å². The number of aromatic nitrogens is 2. The molecule has 0 saturated carbocycles. The standard InChI is InChI=1S/C8H11Cl2N3/c1-3-5(2)11-7-4-6(9)12-8(10)13-7/h4-5H,3H2,1-2H3,(H,11,12,13). The number of rotatable bonds is 3. The molecular weight excluding hydrogens is 209 g/mol. The molecule has 0 radical (unpaired) electrons. The Balaban J connectivity index is 2.77. The van der Waals surface area contributed by atoms with Gasteiger partial charge in [0.1, 0.15) is 11.0 Å². The fourth-order valence-electron chi connectivity index (χ4n) is 0.818. The maximum atomic E-state index is 5.70. The third kappa shape index (κ3) is 3.36. The third-order valence-electron chi connectivity index (χ3n) is 1.67. The molecule has 5 heteroatoms. The fraction of sp³-hybridized carbons (Fsp3) is 0.500. The van der Waals surface area contributed by atoms with Crippen molar-refractivity contribution in [2.45, 2.75) is 26.3 Å². The van der Waals surface area contributed by atoms with Crippen LogP contribution in [0.3, 0.4) is 0 Å². The van der Waals surface area contributed by atoms with Crippen molar-refractivity contribution in [2.24, 2.45) is 0 Å². The van der Waals surface area contributed by atoms with Crippen molar-refractivity contribution in [1.29, 1.82) is 0 Å². The number of hydrogen-bond acceptors (Lipinski definition) is 3. The van der Waals surface area contributed by atoms with Crippen molar-refractivity contribution < 1.29 is 0 Å². The monoisotopic (exact) mass is 219 g/mol. The van der Waals surface area contributed by atoms with E-state index >= 15 is 0 Å². The molecule has 1 atom stereocenters. The van der Waals surface area contributed by atoms with Gasteiger partial charge in [-0.25, -0.2) is 9.97 Å². The Kier molecular flexibility index (Phi) is 3.75. The van der Waals surface area contributed by atoms with Gasteiger partial charge in [-0.3, -0.25) is 0 Å². The quantitative estimate of drug-likeness (QED) is 0.628. The number of halogens is 2. The molecule has 0 aliphatic carbocycles. The van der Waals surface area contributed by atoms with Gasteiger partial charge in [0.05, 0.1) is 0 Å².